The predicted octanol–water partition coefficient (Wildman–Crippen LogP) is 1.57. The minimum atomic E-state index is -1.05. The van der Waals surface area contributed by atoms with E-state index in [1.165, 1.54) is 0 Å². The van der Waals surface area contributed by atoms with Crippen LogP contribution in [0.15, 0.2) is 36.6 Å². The van der Waals surface area contributed by atoms with Crippen LogP contribution in [-0.2, 0) is 9.31 Å². The summed E-state index contributed by atoms with van der Waals surface area (Å²) in [5, 5.41) is 3.74. The lowest BCUT2D eigenvalue weighted by molar-refractivity contribution is 0.00578. The van der Waals surface area contributed by atoms with Crippen LogP contribution in [0.25, 0.3) is 5.82 Å². The zero-order valence-corrected chi connectivity index (χ0v) is 11.7. The molecule has 0 atom stereocenters. The molecule has 0 N–H and O–H groups in total. The van der Waals surface area contributed by atoms with E-state index in [4.69, 9.17) is 17.5 Å². The maximum Gasteiger partial charge on any atom is 0.495 e. The van der Waals surface area contributed by atoms with Gasteiger partial charge in [-0.1, -0.05) is 0 Å². The molecule has 0 unspecified atom stereocenters. The largest absolute Gasteiger partial charge is 0.495 e. The molecule has 0 bridgehead atoms. The van der Waals surface area contributed by atoms with Crippen LogP contribution < -0.4 is 5.46 Å². The summed E-state index contributed by atoms with van der Waals surface area (Å²) in [5.41, 5.74) is -1.39. The molecule has 0 aliphatic carbocycles. The molecule has 5 nitrogen and oxygen atoms in total. The standard InChI is InChI=1S/C14H18BN3O2/c1-13(2)14(3,4)20-15(19-13)11-6-8-16-12(10-11)18-9-5-7-17-18/h5-10H,1-4H3/i5D,6D,7D,8D,9D,10D. The highest BCUT2D eigenvalue weighted by Gasteiger charge is 2.51. The smallest absolute Gasteiger partial charge is 0.399 e. The highest BCUT2D eigenvalue weighted by molar-refractivity contribution is 6.62. The molecule has 0 spiro atoms. The first-order valence-corrected chi connectivity index (χ1v) is 6.24. The van der Waals surface area contributed by atoms with Crippen molar-refractivity contribution in [2.24, 2.45) is 0 Å². The first-order valence-electron chi connectivity index (χ1n) is 9.24. The quantitative estimate of drug-likeness (QED) is 0.782. The molecular formula is C14H18BN3O2. The van der Waals surface area contributed by atoms with Gasteiger partial charge in [0, 0.05) is 18.5 Å². The third kappa shape index (κ3) is 2.15. The zero-order chi connectivity index (χ0) is 19.6. The predicted molar refractivity (Wildman–Crippen MR) is 77.1 cm³/mol. The number of hydrogen-bond acceptors (Lipinski definition) is 4. The van der Waals surface area contributed by atoms with E-state index in [1.54, 1.807) is 0 Å². The van der Waals surface area contributed by atoms with Crippen molar-refractivity contribution in [2.45, 2.75) is 38.9 Å². The van der Waals surface area contributed by atoms with E-state index in [2.05, 4.69) is 10.1 Å². The van der Waals surface area contributed by atoms with E-state index in [1.807, 2.05) is 27.7 Å². The van der Waals surface area contributed by atoms with Crippen molar-refractivity contribution in [3.8, 4) is 5.82 Å². The fourth-order valence-corrected chi connectivity index (χ4v) is 1.78. The van der Waals surface area contributed by atoms with Gasteiger partial charge < -0.3 is 9.31 Å². The summed E-state index contributed by atoms with van der Waals surface area (Å²) in [6.07, 6.45) is -1.29. The van der Waals surface area contributed by atoms with Crippen molar-refractivity contribution in [1.82, 2.24) is 14.8 Å². The lowest BCUT2D eigenvalue weighted by Gasteiger charge is -2.32. The van der Waals surface area contributed by atoms with Crippen molar-refractivity contribution in [3.63, 3.8) is 0 Å². The number of hydrogen-bond donors (Lipinski definition) is 0. The Morgan fingerprint density at radius 3 is 2.50 bits per heavy atom. The summed E-state index contributed by atoms with van der Waals surface area (Å²) in [6, 6.07) is -1.02. The highest BCUT2D eigenvalue weighted by atomic mass is 16.7. The summed E-state index contributed by atoms with van der Waals surface area (Å²) in [5.74, 6) is -0.215. The van der Waals surface area contributed by atoms with Gasteiger partial charge in [0.25, 0.3) is 0 Å². The normalized spacial score (nSPS) is 24.5. The second kappa shape index (κ2) is 4.43. The Morgan fingerprint density at radius 1 is 1.20 bits per heavy atom. The van der Waals surface area contributed by atoms with Crippen LogP contribution in [0, 0.1) is 0 Å². The van der Waals surface area contributed by atoms with Crippen LogP contribution in [0.5, 0.6) is 0 Å². The van der Waals surface area contributed by atoms with Gasteiger partial charge in [0.15, 0.2) is 5.82 Å². The maximum atomic E-state index is 8.43. The molecule has 6 heteroatoms. The van der Waals surface area contributed by atoms with Crippen LogP contribution in [0.3, 0.4) is 0 Å². The monoisotopic (exact) mass is 277 g/mol. The summed E-state index contributed by atoms with van der Waals surface area (Å²) in [4.78, 5) is 3.86. The van der Waals surface area contributed by atoms with Gasteiger partial charge in [-0.05, 0) is 51.3 Å². The molecule has 1 fully saturated rings. The Morgan fingerprint density at radius 2 is 1.90 bits per heavy atom. The van der Waals surface area contributed by atoms with Gasteiger partial charge in [-0.25, -0.2) is 9.67 Å². The Kier molecular flexibility index (Phi) is 1.76. The molecule has 1 aliphatic rings. The molecule has 104 valence electrons. The van der Waals surface area contributed by atoms with E-state index in [0.717, 1.165) is 4.68 Å². The molecule has 0 saturated carbocycles. The average Bonchev–Trinajstić information content (AvgIpc) is 2.89. The molecule has 0 amide bonds. The Labute approximate surface area is 127 Å². The van der Waals surface area contributed by atoms with Gasteiger partial charge in [0.2, 0.25) is 0 Å². The lowest BCUT2D eigenvalue weighted by atomic mass is 9.80. The van der Waals surface area contributed by atoms with Crippen molar-refractivity contribution in [2.75, 3.05) is 0 Å². The molecule has 20 heavy (non-hydrogen) atoms. The number of pyridine rings is 1. The van der Waals surface area contributed by atoms with E-state index in [0.29, 0.717) is 0 Å². The Bertz CT molecular complexity index is 886. The first kappa shape index (κ1) is 7.95. The molecule has 0 radical (unpaired) electrons. The van der Waals surface area contributed by atoms with E-state index < -0.39 is 42.9 Å². The number of aromatic nitrogens is 3. The fourth-order valence-electron chi connectivity index (χ4n) is 1.78. The second-order valence-electron chi connectivity index (χ2n) is 5.56. The molecule has 1 saturated heterocycles. The Balaban J connectivity index is 2.19. The van der Waals surface area contributed by atoms with Crippen LogP contribution in [0.4, 0.5) is 0 Å². The SMILES string of the molecule is [2H]c1nc(-n2nc([2H])c([2H])c2[2H])c([2H])c(B2OC(C)(C)C(C)(C)O2)c1[2H]. The first-order chi connectivity index (χ1) is 11.9. The van der Waals surface area contributed by atoms with Crippen LogP contribution in [0.1, 0.15) is 35.9 Å². The summed E-state index contributed by atoms with van der Waals surface area (Å²) in [6.45, 7) is 7.33. The van der Waals surface area contributed by atoms with Crippen LogP contribution in [-0.4, -0.2) is 33.1 Å². The van der Waals surface area contributed by atoms with E-state index in [9.17, 15) is 0 Å². The van der Waals surface area contributed by atoms with Gasteiger partial charge in [-0.2, -0.15) is 5.10 Å². The average molecular weight is 277 g/mol. The van der Waals surface area contributed by atoms with Gasteiger partial charge in [0.05, 0.1) is 19.4 Å². The zero-order valence-electron chi connectivity index (χ0n) is 17.7. The minimum absolute atomic E-state index is 0.00612. The van der Waals surface area contributed by atoms with Gasteiger partial charge in [0.1, 0.15) is 0 Å². The summed E-state index contributed by atoms with van der Waals surface area (Å²) in [7, 11) is -1.05. The van der Waals surface area contributed by atoms with Crippen molar-refractivity contribution >= 4 is 12.6 Å². The molecule has 1 aliphatic heterocycles. The van der Waals surface area contributed by atoms with E-state index >= 15 is 0 Å². The maximum absolute atomic E-state index is 8.43. The van der Waals surface area contributed by atoms with Gasteiger partial charge >= 0.3 is 7.12 Å². The second-order valence-corrected chi connectivity index (χ2v) is 5.56. The Hall–Kier alpha value is -1.66. The number of rotatable bonds is 2. The van der Waals surface area contributed by atoms with Crippen molar-refractivity contribution in [3.05, 3.63) is 36.6 Å². The molecule has 2 aromatic rings. The molecule has 0 aromatic carbocycles. The van der Waals surface area contributed by atoms with E-state index in [-0.39, 0.29) is 23.4 Å². The fraction of sp³-hybridized carbons (Fsp3) is 0.429. The third-order valence-electron chi connectivity index (χ3n) is 3.66. The lowest BCUT2D eigenvalue weighted by Crippen LogP contribution is -2.41. The van der Waals surface area contributed by atoms with Gasteiger partial charge in [-0.3, -0.25) is 0 Å². The third-order valence-corrected chi connectivity index (χ3v) is 3.66. The van der Waals surface area contributed by atoms with Crippen LogP contribution in [0.2, 0.25) is 0 Å². The van der Waals surface area contributed by atoms with Gasteiger partial charge in [-0.15, -0.1) is 0 Å². The topological polar surface area (TPSA) is 49.2 Å². The number of nitrogens with zero attached hydrogens (tertiary/aromatic N) is 3. The van der Waals surface area contributed by atoms with Crippen molar-refractivity contribution in [1.29, 1.82) is 0 Å². The summed E-state index contributed by atoms with van der Waals surface area (Å²) < 4.78 is 60.2. The molecule has 3 heterocycles. The van der Waals surface area contributed by atoms with Crippen molar-refractivity contribution < 1.29 is 17.5 Å². The molecular weight excluding hydrogens is 253 g/mol. The summed E-state index contributed by atoms with van der Waals surface area (Å²) >= 11 is 0. The van der Waals surface area contributed by atoms with Crippen LogP contribution >= 0.6 is 0 Å². The molecule has 2 aromatic heterocycles. The minimum Gasteiger partial charge on any atom is -0.399 e. The molecule has 3 rings (SSSR count). The highest BCUT2D eigenvalue weighted by Crippen LogP contribution is 2.36.